The van der Waals surface area contributed by atoms with E-state index in [2.05, 4.69) is 0 Å². The second kappa shape index (κ2) is 5.13. The summed E-state index contributed by atoms with van der Waals surface area (Å²) < 4.78 is 8.76. The topological polar surface area (TPSA) is 57.1 Å². The lowest BCUT2D eigenvalue weighted by atomic mass is 10.4. The zero-order valence-electron chi connectivity index (χ0n) is 11.0. The zero-order chi connectivity index (χ0) is 14.1. The molecule has 0 radical (unpaired) electrons. The lowest BCUT2D eigenvalue weighted by Crippen LogP contribution is -2.39. The molecular weight excluding hydrogens is 276 g/mol. The maximum atomic E-state index is 12.5. The highest BCUT2D eigenvalue weighted by Gasteiger charge is 2.14. The van der Waals surface area contributed by atoms with Crippen LogP contribution in [0.25, 0.3) is 10.2 Å². The molecule has 0 aliphatic rings. The summed E-state index contributed by atoms with van der Waals surface area (Å²) in [5, 5.41) is 1.84. The molecule has 0 aliphatic carbocycles. The van der Waals surface area contributed by atoms with Crippen LogP contribution in [-0.4, -0.2) is 9.13 Å². The first-order chi connectivity index (χ1) is 9.72. The molecule has 0 bridgehead atoms. The van der Waals surface area contributed by atoms with Crippen LogP contribution in [0.1, 0.15) is 19.1 Å². The highest BCUT2D eigenvalue weighted by Crippen LogP contribution is 2.15. The van der Waals surface area contributed by atoms with Crippen LogP contribution >= 0.6 is 11.3 Å². The van der Waals surface area contributed by atoms with Gasteiger partial charge in [0.15, 0.2) is 0 Å². The van der Waals surface area contributed by atoms with Gasteiger partial charge in [-0.15, -0.1) is 11.3 Å². The van der Waals surface area contributed by atoms with E-state index in [0.29, 0.717) is 17.0 Å². The fourth-order valence-corrected chi connectivity index (χ4v) is 3.11. The maximum Gasteiger partial charge on any atom is 0.331 e. The van der Waals surface area contributed by atoms with Gasteiger partial charge < -0.3 is 4.42 Å². The van der Waals surface area contributed by atoms with Crippen LogP contribution in [0.3, 0.4) is 0 Å². The number of aromatic nitrogens is 2. The van der Waals surface area contributed by atoms with E-state index < -0.39 is 0 Å². The summed E-state index contributed by atoms with van der Waals surface area (Å²) in [5.74, 6) is 0.600. The molecule has 0 atom stereocenters. The molecule has 3 rings (SSSR count). The summed E-state index contributed by atoms with van der Waals surface area (Å²) in [6, 6.07) is 5.33. The summed E-state index contributed by atoms with van der Waals surface area (Å²) in [4.78, 5) is 24.9. The molecule has 3 heterocycles. The van der Waals surface area contributed by atoms with Crippen molar-refractivity contribution < 1.29 is 4.42 Å². The van der Waals surface area contributed by atoms with Gasteiger partial charge in [0.2, 0.25) is 0 Å². The summed E-state index contributed by atoms with van der Waals surface area (Å²) in [5.41, 5.74) is 0.199. The number of nitrogens with zero attached hydrogens (tertiary/aromatic N) is 2. The molecule has 0 N–H and O–H groups in total. The molecule has 0 saturated carbocycles. The number of hydrogen-bond donors (Lipinski definition) is 0. The fraction of sp³-hybridized carbons (Fsp3) is 0.286. The second-order valence-electron chi connectivity index (χ2n) is 4.54. The normalized spacial score (nSPS) is 11.2. The van der Waals surface area contributed by atoms with Gasteiger partial charge in [0, 0.05) is 6.54 Å². The molecule has 0 saturated heterocycles. The highest BCUT2D eigenvalue weighted by atomic mass is 32.1. The van der Waals surface area contributed by atoms with Gasteiger partial charge in [-0.2, -0.15) is 0 Å². The van der Waals surface area contributed by atoms with Crippen molar-refractivity contribution in [3.63, 3.8) is 0 Å². The molecule has 3 aromatic heterocycles. The van der Waals surface area contributed by atoms with Crippen molar-refractivity contribution in [2.75, 3.05) is 0 Å². The Morgan fingerprint density at radius 2 is 2.10 bits per heavy atom. The predicted molar refractivity (Wildman–Crippen MR) is 78.4 cm³/mol. The van der Waals surface area contributed by atoms with E-state index in [1.54, 1.807) is 16.7 Å². The van der Waals surface area contributed by atoms with Crippen LogP contribution in [0, 0.1) is 0 Å². The lowest BCUT2D eigenvalue weighted by molar-refractivity contribution is 0.476. The molecule has 0 amide bonds. The Kier molecular flexibility index (Phi) is 3.31. The first-order valence-electron chi connectivity index (χ1n) is 6.45. The molecule has 0 aliphatic heterocycles. The molecule has 5 nitrogen and oxygen atoms in total. The number of furan rings is 1. The maximum absolute atomic E-state index is 12.5. The van der Waals surface area contributed by atoms with E-state index in [0.717, 1.165) is 11.9 Å². The Labute approximate surface area is 118 Å². The number of hydrogen-bond acceptors (Lipinski definition) is 4. The Morgan fingerprint density at radius 1 is 1.25 bits per heavy atom. The van der Waals surface area contributed by atoms with E-state index in [1.807, 2.05) is 18.4 Å². The molecule has 20 heavy (non-hydrogen) atoms. The largest absolute Gasteiger partial charge is 0.467 e. The minimum atomic E-state index is -0.279. The molecule has 3 aromatic rings. The van der Waals surface area contributed by atoms with Crippen LogP contribution in [-0.2, 0) is 13.1 Å². The minimum absolute atomic E-state index is 0.169. The fourth-order valence-electron chi connectivity index (χ4n) is 2.27. The summed E-state index contributed by atoms with van der Waals surface area (Å²) in [7, 11) is 0. The average Bonchev–Trinajstić information content (AvgIpc) is 3.10. The molecule has 6 heteroatoms. The van der Waals surface area contributed by atoms with Gasteiger partial charge in [0.05, 0.1) is 18.3 Å². The van der Waals surface area contributed by atoms with Gasteiger partial charge in [-0.05, 0) is 30.0 Å². The Balaban J connectivity index is 2.25. The predicted octanol–water partition coefficient (Wildman–Crippen LogP) is 2.28. The Bertz CT molecular complexity index is 840. The first-order valence-corrected chi connectivity index (χ1v) is 7.33. The Hall–Kier alpha value is -2.08. The summed E-state index contributed by atoms with van der Waals surface area (Å²) in [6.45, 7) is 2.78. The summed E-state index contributed by atoms with van der Waals surface area (Å²) in [6.07, 6.45) is 2.37. The van der Waals surface area contributed by atoms with Crippen LogP contribution in [0.4, 0.5) is 0 Å². The number of rotatable bonds is 4. The SMILES string of the molecule is CCCn1c(=O)n(Cc2ccco2)c(=O)c2sccc21. The van der Waals surface area contributed by atoms with Gasteiger partial charge >= 0.3 is 5.69 Å². The van der Waals surface area contributed by atoms with Crippen LogP contribution in [0.2, 0.25) is 0 Å². The standard InChI is InChI=1S/C14H14N2O3S/c1-2-6-15-11-5-8-20-12(11)13(17)16(14(15)18)9-10-4-3-7-19-10/h3-5,7-8H,2,6,9H2,1H3. The minimum Gasteiger partial charge on any atom is -0.467 e. The van der Waals surface area contributed by atoms with Gasteiger partial charge in [0.1, 0.15) is 10.5 Å². The van der Waals surface area contributed by atoms with E-state index in [-0.39, 0.29) is 17.8 Å². The third-order valence-electron chi connectivity index (χ3n) is 3.18. The van der Waals surface area contributed by atoms with E-state index in [4.69, 9.17) is 4.42 Å². The number of thiophene rings is 1. The number of fused-ring (bicyclic) bond motifs is 1. The quantitative estimate of drug-likeness (QED) is 0.740. The summed E-state index contributed by atoms with van der Waals surface area (Å²) >= 11 is 1.37. The second-order valence-corrected chi connectivity index (χ2v) is 5.46. The zero-order valence-corrected chi connectivity index (χ0v) is 11.9. The van der Waals surface area contributed by atoms with E-state index in [9.17, 15) is 9.59 Å². The van der Waals surface area contributed by atoms with Crippen LogP contribution in [0.15, 0.2) is 43.8 Å². The smallest absolute Gasteiger partial charge is 0.331 e. The molecule has 0 fully saturated rings. The van der Waals surface area contributed by atoms with Gasteiger partial charge in [-0.25, -0.2) is 4.79 Å². The molecule has 0 unspecified atom stereocenters. The van der Waals surface area contributed by atoms with Crippen molar-refractivity contribution in [2.45, 2.75) is 26.4 Å². The van der Waals surface area contributed by atoms with Crippen molar-refractivity contribution in [1.82, 2.24) is 9.13 Å². The van der Waals surface area contributed by atoms with Crippen molar-refractivity contribution >= 4 is 21.6 Å². The van der Waals surface area contributed by atoms with Crippen molar-refractivity contribution in [3.8, 4) is 0 Å². The van der Waals surface area contributed by atoms with Crippen LogP contribution < -0.4 is 11.2 Å². The van der Waals surface area contributed by atoms with Crippen molar-refractivity contribution in [3.05, 3.63) is 56.4 Å². The average molecular weight is 290 g/mol. The molecule has 0 aromatic carbocycles. The first kappa shape index (κ1) is 12.9. The Morgan fingerprint density at radius 3 is 2.80 bits per heavy atom. The van der Waals surface area contributed by atoms with Crippen molar-refractivity contribution in [2.24, 2.45) is 0 Å². The van der Waals surface area contributed by atoms with Gasteiger partial charge in [0.25, 0.3) is 5.56 Å². The van der Waals surface area contributed by atoms with E-state index >= 15 is 0 Å². The highest BCUT2D eigenvalue weighted by molar-refractivity contribution is 7.17. The van der Waals surface area contributed by atoms with Crippen LogP contribution in [0.5, 0.6) is 0 Å². The third kappa shape index (κ3) is 2.02. The number of aryl methyl sites for hydroxylation is 1. The lowest BCUT2D eigenvalue weighted by Gasteiger charge is -2.10. The van der Waals surface area contributed by atoms with E-state index in [1.165, 1.54) is 22.2 Å². The molecular formula is C14H14N2O3S. The van der Waals surface area contributed by atoms with Gasteiger partial charge in [-0.1, -0.05) is 6.92 Å². The molecule has 104 valence electrons. The third-order valence-corrected chi connectivity index (χ3v) is 4.07. The monoisotopic (exact) mass is 290 g/mol. The van der Waals surface area contributed by atoms with Crippen molar-refractivity contribution in [1.29, 1.82) is 0 Å². The molecule has 0 spiro atoms. The van der Waals surface area contributed by atoms with Gasteiger partial charge in [-0.3, -0.25) is 13.9 Å².